The molecule has 0 heterocycles. The van der Waals surface area contributed by atoms with Gasteiger partial charge in [0.15, 0.2) is 0 Å². The fourth-order valence-corrected chi connectivity index (χ4v) is 4.19. The number of nitrogens with one attached hydrogen (secondary N) is 1. The third-order valence-electron chi connectivity index (χ3n) is 4.29. The van der Waals surface area contributed by atoms with Gasteiger partial charge in [-0.3, -0.25) is 0 Å². The normalized spacial score (nSPS) is 17.4. The maximum absolute atomic E-state index is 5.11. The second kappa shape index (κ2) is 8.71. The van der Waals surface area contributed by atoms with Crippen molar-refractivity contribution in [2.45, 2.75) is 37.0 Å². The minimum Gasteiger partial charge on any atom is -0.383 e. The molecule has 1 fully saturated rings. The van der Waals surface area contributed by atoms with Gasteiger partial charge in [0.1, 0.15) is 0 Å². The number of ether oxygens (including phenoxy) is 1. The maximum atomic E-state index is 5.11. The molecule has 112 valence electrons. The fourth-order valence-electron chi connectivity index (χ4n) is 3.07. The van der Waals surface area contributed by atoms with Gasteiger partial charge in [0.2, 0.25) is 0 Å². The molecule has 0 spiro atoms. The average Bonchev–Trinajstić information content (AvgIpc) is 2.94. The highest BCUT2D eigenvalue weighted by atomic mass is 32.2. The third kappa shape index (κ3) is 5.12. The molecule has 0 radical (unpaired) electrons. The van der Waals surface area contributed by atoms with Crippen LogP contribution in [0, 0.1) is 5.41 Å². The largest absolute Gasteiger partial charge is 0.383 e. The molecule has 2 rings (SSSR count). The molecule has 0 amide bonds. The predicted octanol–water partition coefficient (Wildman–Crippen LogP) is 3.97. The van der Waals surface area contributed by atoms with Gasteiger partial charge in [0.25, 0.3) is 0 Å². The van der Waals surface area contributed by atoms with E-state index in [9.17, 15) is 0 Å². The summed E-state index contributed by atoms with van der Waals surface area (Å²) in [6.45, 7) is 2.95. The Bertz CT molecular complexity index is 363. The Kier molecular flexibility index (Phi) is 6.91. The summed E-state index contributed by atoms with van der Waals surface area (Å²) in [4.78, 5) is 1.40. The van der Waals surface area contributed by atoms with Gasteiger partial charge in [-0.05, 0) is 42.6 Å². The number of hydrogen-bond donors (Lipinski definition) is 1. The molecule has 0 aliphatic heterocycles. The molecule has 0 saturated heterocycles. The van der Waals surface area contributed by atoms with E-state index in [2.05, 4.69) is 35.6 Å². The van der Waals surface area contributed by atoms with Crippen molar-refractivity contribution in [3.63, 3.8) is 0 Å². The van der Waals surface area contributed by atoms with E-state index < -0.39 is 0 Å². The van der Waals surface area contributed by atoms with Gasteiger partial charge in [-0.2, -0.15) is 0 Å². The molecule has 1 saturated carbocycles. The summed E-state index contributed by atoms with van der Waals surface area (Å²) in [6, 6.07) is 10.8. The van der Waals surface area contributed by atoms with Crippen molar-refractivity contribution >= 4 is 11.8 Å². The standard InChI is InChI=1S/C17H27NOS/c1-19-13-12-18-15-17(9-5-6-10-17)11-14-20-16-7-3-2-4-8-16/h2-4,7-8,18H,5-6,9-15H2,1H3. The van der Waals surface area contributed by atoms with E-state index >= 15 is 0 Å². The van der Waals surface area contributed by atoms with Crippen LogP contribution in [0.1, 0.15) is 32.1 Å². The van der Waals surface area contributed by atoms with Gasteiger partial charge >= 0.3 is 0 Å². The number of hydrogen-bond acceptors (Lipinski definition) is 3. The van der Waals surface area contributed by atoms with Crippen molar-refractivity contribution in [1.82, 2.24) is 5.32 Å². The first kappa shape index (κ1) is 15.9. The van der Waals surface area contributed by atoms with Crippen LogP contribution in [0.3, 0.4) is 0 Å². The molecule has 1 aliphatic carbocycles. The van der Waals surface area contributed by atoms with Crippen molar-refractivity contribution < 1.29 is 4.74 Å². The van der Waals surface area contributed by atoms with Crippen LogP contribution < -0.4 is 5.32 Å². The molecule has 2 nitrogen and oxygen atoms in total. The number of rotatable bonds is 9. The zero-order valence-corrected chi connectivity index (χ0v) is 13.4. The summed E-state index contributed by atoms with van der Waals surface area (Å²) in [5, 5.41) is 3.58. The monoisotopic (exact) mass is 293 g/mol. The minimum absolute atomic E-state index is 0.537. The number of thioether (sulfide) groups is 1. The maximum Gasteiger partial charge on any atom is 0.0587 e. The van der Waals surface area contributed by atoms with Crippen LogP contribution in [0.25, 0.3) is 0 Å². The molecular formula is C17H27NOS. The SMILES string of the molecule is COCCNCC1(CCSc2ccccc2)CCCC1. The lowest BCUT2D eigenvalue weighted by atomic mass is 9.83. The second-order valence-electron chi connectivity index (χ2n) is 5.79. The molecule has 20 heavy (non-hydrogen) atoms. The van der Waals surface area contributed by atoms with Crippen molar-refractivity contribution in [1.29, 1.82) is 0 Å². The second-order valence-corrected chi connectivity index (χ2v) is 6.96. The molecule has 1 N–H and O–H groups in total. The molecule has 3 heteroatoms. The first-order chi connectivity index (χ1) is 9.85. The number of benzene rings is 1. The summed E-state index contributed by atoms with van der Waals surface area (Å²) in [5.41, 5.74) is 0.537. The van der Waals surface area contributed by atoms with Gasteiger partial charge in [0.05, 0.1) is 6.61 Å². The van der Waals surface area contributed by atoms with Crippen LogP contribution in [-0.2, 0) is 4.74 Å². The Labute approximate surface area is 127 Å². The highest BCUT2D eigenvalue weighted by molar-refractivity contribution is 7.99. The van der Waals surface area contributed by atoms with E-state index in [1.165, 1.54) is 42.8 Å². The first-order valence-electron chi connectivity index (χ1n) is 7.72. The smallest absolute Gasteiger partial charge is 0.0587 e. The van der Waals surface area contributed by atoms with Crippen molar-refractivity contribution in [2.75, 3.05) is 32.6 Å². The Balaban J connectivity index is 1.74. The summed E-state index contributed by atoms with van der Waals surface area (Å²) in [6.07, 6.45) is 6.92. The zero-order valence-electron chi connectivity index (χ0n) is 12.6. The van der Waals surface area contributed by atoms with Crippen molar-refractivity contribution in [3.8, 4) is 0 Å². The molecule has 0 bridgehead atoms. The van der Waals surface area contributed by atoms with E-state index in [-0.39, 0.29) is 0 Å². The van der Waals surface area contributed by atoms with E-state index in [1.54, 1.807) is 7.11 Å². The molecule has 1 aromatic rings. The van der Waals surface area contributed by atoms with Gasteiger partial charge in [-0.1, -0.05) is 31.0 Å². The Hall–Kier alpha value is -0.510. The molecule has 0 atom stereocenters. The minimum atomic E-state index is 0.537. The summed E-state index contributed by atoms with van der Waals surface area (Å²) < 4.78 is 5.11. The van der Waals surface area contributed by atoms with Gasteiger partial charge < -0.3 is 10.1 Å². The van der Waals surface area contributed by atoms with E-state index in [0.29, 0.717) is 5.41 Å². The van der Waals surface area contributed by atoms with Crippen LogP contribution in [-0.4, -0.2) is 32.6 Å². The zero-order chi connectivity index (χ0) is 14.1. The fraction of sp³-hybridized carbons (Fsp3) is 0.647. The Morgan fingerprint density at radius 1 is 1.20 bits per heavy atom. The van der Waals surface area contributed by atoms with Crippen molar-refractivity contribution in [3.05, 3.63) is 30.3 Å². The van der Waals surface area contributed by atoms with Gasteiger partial charge in [0, 0.05) is 25.1 Å². The predicted molar refractivity (Wildman–Crippen MR) is 87.4 cm³/mol. The average molecular weight is 293 g/mol. The van der Waals surface area contributed by atoms with E-state index in [1.807, 2.05) is 11.8 Å². The van der Waals surface area contributed by atoms with Gasteiger partial charge in [-0.15, -0.1) is 11.8 Å². The van der Waals surface area contributed by atoms with Crippen LogP contribution in [0.2, 0.25) is 0 Å². The lowest BCUT2D eigenvalue weighted by Crippen LogP contribution is -2.34. The topological polar surface area (TPSA) is 21.3 Å². The Morgan fingerprint density at radius 3 is 2.65 bits per heavy atom. The van der Waals surface area contributed by atoms with Crippen LogP contribution in [0.5, 0.6) is 0 Å². The van der Waals surface area contributed by atoms with E-state index in [4.69, 9.17) is 4.74 Å². The molecule has 0 aromatic heterocycles. The lowest BCUT2D eigenvalue weighted by molar-refractivity contribution is 0.189. The molecule has 1 aliphatic rings. The quantitative estimate of drug-likeness (QED) is 0.550. The first-order valence-corrected chi connectivity index (χ1v) is 8.71. The summed E-state index contributed by atoms with van der Waals surface area (Å²) in [7, 11) is 1.77. The van der Waals surface area contributed by atoms with Crippen LogP contribution in [0.4, 0.5) is 0 Å². The van der Waals surface area contributed by atoms with Crippen LogP contribution in [0.15, 0.2) is 35.2 Å². The van der Waals surface area contributed by atoms with E-state index in [0.717, 1.165) is 19.7 Å². The Morgan fingerprint density at radius 2 is 1.95 bits per heavy atom. The third-order valence-corrected chi connectivity index (χ3v) is 5.31. The van der Waals surface area contributed by atoms with Gasteiger partial charge in [-0.25, -0.2) is 0 Å². The van der Waals surface area contributed by atoms with Crippen LogP contribution >= 0.6 is 11.8 Å². The molecular weight excluding hydrogens is 266 g/mol. The molecule has 0 unspecified atom stereocenters. The highest BCUT2D eigenvalue weighted by Gasteiger charge is 2.32. The lowest BCUT2D eigenvalue weighted by Gasteiger charge is -2.29. The highest BCUT2D eigenvalue weighted by Crippen LogP contribution is 2.41. The summed E-state index contributed by atoms with van der Waals surface area (Å²) in [5.74, 6) is 1.23. The number of methoxy groups -OCH3 is 1. The summed E-state index contributed by atoms with van der Waals surface area (Å²) >= 11 is 2.00. The van der Waals surface area contributed by atoms with Crippen molar-refractivity contribution in [2.24, 2.45) is 5.41 Å². The molecule has 1 aromatic carbocycles.